The number of Topliss-reactive ketones (excluding diaryl/α,β-unsaturated/α-hetero) is 1. The van der Waals surface area contributed by atoms with Gasteiger partial charge in [-0.25, -0.2) is 4.68 Å². The second-order valence-corrected chi connectivity index (χ2v) is 7.40. The van der Waals surface area contributed by atoms with Crippen LogP contribution in [0.5, 0.6) is 28.9 Å². The van der Waals surface area contributed by atoms with E-state index in [1.165, 1.54) is 6.92 Å². The number of ketones is 1. The second kappa shape index (κ2) is 9.69. The molecule has 0 bridgehead atoms. The average molecular weight is 447 g/mol. The smallest absolute Gasteiger partial charge is 0.228 e. The molecular weight excluding hydrogens is 427 g/mol. The molecule has 0 saturated heterocycles. The van der Waals surface area contributed by atoms with Gasteiger partial charge in [0.25, 0.3) is 0 Å². The number of carbonyl (C=O) groups is 1. The molecule has 0 radical (unpaired) electrons. The van der Waals surface area contributed by atoms with Crippen LogP contribution < -0.4 is 14.2 Å². The van der Waals surface area contributed by atoms with E-state index in [1.54, 1.807) is 73.3 Å². The Morgan fingerprint density at radius 2 is 1.47 bits per heavy atom. The van der Waals surface area contributed by atoms with Gasteiger partial charge in [0, 0.05) is 7.05 Å². The molecule has 6 nitrogen and oxygen atoms in total. The lowest BCUT2D eigenvalue weighted by molar-refractivity contribution is 0.101. The van der Waals surface area contributed by atoms with Gasteiger partial charge in [0.05, 0.1) is 5.69 Å². The molecule has 0 N–H and O–H groups in total. The Bertz CT molecular complexity index is 1050. The number of hydrogen-bond donors (Lipinski definition) is 0. The topological polar surface area (TPSA) is 62.6 Å². The quantitative estimate of drug-likeness (QED) is 0.384. The first-order valence-electron chi connectivity index (χ1n) is 9.08. The molecule has 2 aromatic carbocycles. The van der Waals surface area contributed by atoms with Crippen LogP contribution in [0.15, 0.2) is 59.1 Å². The zero-order chi connectivity index (χ0) is 21.7. The van der Waals surface area contributed by atoms with Gasteiger partial charge in [0.15, 0.2) is 5.78 Å². The van der Waals surface area contributed by atoms with Crippen LogP contribution in [-0.4, -0.2) is 22.2 Å². The molecule has 1 heterocycles. The van der Waals surface area contributed by atoms with Gasteiger partial charge >= 0.3 is 0 Å². The molecule has 1 aromatic heterocycles. The molecule has 0 amide bonds. The second-order valence-electron chi connectivity index (χ2n) is 6.40. The highest BCUT2D eigenvalue weighted by Crippen LogP contribution is 2.30. The van der Waals surface area contributed by atoms with Gasteiger partial charge in [0.1, 0.15) is 39.7 Å². The maximum Gasteiger partial charge on any atom is 0.228 e. The van der Waals surface area contributed by atoms with E-state index in [9.17, 15) is 4.79 Å². The van der Waals surface area contributed by atoms with Crippen molar-refractivity contribution in [2.45, 2.75) is 13.8 Å². The summed E-state index contributed by atoms with van der Waals surface area (Å²) in [6.07, 6.45) is 1.56. The number of rotatable bonds is 8. The summed E-state index contributed by atoms with van der Waals surface area (Å²) < 4.78 is 18.9. The summed E-state index contributed by atoms with van der Waals surface area (Å²) in [5, 5.41) is 4.26. The van der Waals surface area contributed by atoms with E-state index in [2.05, 4.69) is 5.10 Å². The van der Waals surface area contributed by atoms with Gasteiger partial charge in [-0.3, -0.25) is 4.79 Å². The molecular formula is C22H20Cl2N2O4. The number of halogens is 2. The molecule has 0 atom stereocenters. The van der Waals surface area contributed by atoms with Crippen LogP contribution in [0.25, 0.3) is 0 Å². The summed E-state index contributed by atoms with van der Waals surface area (Å²) in [4.78, 5) is 11.9. The Hall–Kier alpha value is -2.96. The molecule has 0 unspecified atom stereocenters. The Morgan fingerprint density at radius 1 is 0.967 bits per heavy atom. The maximum absolute atomic E-state index is 11.9. The lowest BCUT2D eigenvalue weighted by atomic mass is 10.2. The van der Waals surface area contributed by atoms with Crippen molar-refractivity contribution in [2.24, 2.45) is 7.05 Å². The summed E-state index contributed by atoms with van der Waals surface area (Å²) in [5.74, 6) is 2.86. The zero-order valence-electron chi connectivity index (χ0n) is 16.7. The predicted octanol–water partition coefficient (Wildman–Crippen LogP) is 6.21. The molecule has 8 heteroatoms. The van der Waals surface area contributed by atoms with Crippen molar-refractivity contribution in [3.8, 4) is 28.9 Å². The van der Waals surface area contributed by atoms with Crippen LogP contribution in [0.3, 0.4) is 0 Å². The van der Waals surface area contributed by atoms with Crippen LogP contribution in [0.1, 0.15) is 23.0 Å². The minimum absolute atomic E-state index is 0.0928. The average Bonchev–Trinajstić information content (AvgIpc) is 2.97. The van der Waals surface area contributed by atoms with Crippen LogP contribution >= 0.6 is 23.2 Å². The normalized spacial score (nSPS) is 10.4. The molecule has 0 saturated carbocycles. The van der Waals surface area contributed by atoms with Crippen molar-refractivity contribution in [2.75, 3.05) is 6.61 Å². The SMILES string of the molecule is CC(=O)c1c(C)nn(C)c1Oc1ccc(Oc2ccc(OCC=C(Cl)Cl)cc2)cc1. The van der Waals surface area contributed by atoms with Crippen LogP contribution in [-0.2, 0) is 7.05 Å². The highest BCUT2D eigenvalue weighted by atomic mass is 35.5. The van der Waals surface area contributed by atoms with Crippen LogP contribution in [0.4, 0.5) is 0 Å². The Balaban J connectivity index is 1.64. The van der Waals surface area contributed by atoms with Gasteiger partial charge in [-0.2, -0.15) is 5.10 Å². The standard InChI is InChI=1S/C22H20Cl2N2O4/c1-14-21(15(2)27)22(26(3)25-14)30-19-10-8-18(9-11-19)29-17-6-4-16(5-7-17)28-13-12-20(23)24/h4-12H,13H2,1-3H3. The van der Waals surface area contributed by atoms with Crippen molar-refractivity contribution >= 4 is 29.0 Å². The molecule has 0 aliphatic carbocycles. The van der Waals surface area contributed by atoms with Crippen LogP contribution in [0.2, 0.25) is 0 Å². The Kier molecular flexibility index (Phi) is 7.03. The summed E-state index contributed by atoms with van der Waals surface area (Å²) >= 11 is 11.1. The van der Waals surface area contributed by atoms with E-state index in [4.69, 9.17) is 37.4 Å². The first-order valence-corrected chi connectivity index (χ1v) is 9.83. The van der Waals surface area contributed by atoms with Crippen molar-refractivity contribution in [3.63, 3.8) is 0 Å². The minimum Gasteiger partial charge on any atom is -0.489 e. The minimum atomic E-state index is -0.0928. The molecule has 156 valence electrons. The first-order chi connectivity index (χ1) is 14.3. The molecule has 0 fully saturated rings. The van der Waals surface area contributed by atoms with Gasteiger partial charge in [-0.1, -0.05) is 23.2 Å². The van der Waals surface area contributed by atoms with Gasteiger partial charge in [0.2, 0.25) is 5.88 Å². The zero-order valence-corrected chi connectivity index (χ0v) is 18.2. The van der Waals surface area contributed by atoms with E-state index >= 15 is 0 Å². The van der Waals surface area contributed by atoms with E-state index in [1.807, 2.05) is 0 Å². The molecule has 0 aliphatic heterocycles. The third-order valence-electron chi connectivity index (χ3n) is 4.11. The maximum atomic E-state index is 11.9. The summed E-state index contributed by atoms with van der Waals surface area (Å²) in [6, 6.07) is 14.3. The molecule has 0 aliphatic rings. The number of aromatic nitrogens is 2. The van der Waals surface area contributed by atoms with Crippen molar-refractivity contribution in [1.82, 2.24) is 9.78 Å². The predicted molar refractivity (Wildman–Crippen MR) is 116 cm³/mol. The van der Waals surface area contributed by atoms with E-state index in [0.29, 0.717) is 40.1 Å². The fourth-order valence-electron chi connectivity index (χ4n) is 2.79. The summed E-state index contributed by atoms with van der Waals surface area (Å²) in [5.41, 5.74) is 1.11. The fraction of sp³-hybridized carbons (Fsp3) is 0.182. The summed E-state index contributed by atoms with van der Waals surface area (Å²) in [7, 11) is 1.74. The van der Waals surface area contributed by atoms with Crippen molar-refractivity contribution in [1.29, 1.82) is 0 Å². The largest absolute Gasteiger partial charge is 0.489 e. The van der Waals surface area contributed by atoms with Crippen molar-refractivity contribution in [3.05, 3.63) is 70.4 Å². The van der Waals surface area contributed by atoms with E-state index in [-0.39, 0.29) is 16.9 Å². The number of hydrogen-bond acceptors (Lipinski definition) is 5. The van der Waals surface area contributed by atoms with Crippen LogP contribution in [0, 0.1) is 6.92 Å². The van der Waals surface area contributed by atoms with Gasteiger partial charge in [-0.05, 0) is 68.5 Å². The van der Waals surface area contributed by atoms with Crippen molar-refractivity contribution < 1.29 is 19.0 Å². The molecule has 30 heavy (non-hydrogen) atoms. The number of ether oxygens (including phenoxy) is 3. The highest BCUT2D eigenvalue weighted by molar-refractivity contribution is 6.55. The molecule has 3 rings (SSSR count). The fourth-order valence-corrected chi connectivity index (χ4v) is 2.91. The number of aryl methyl sites for hydroxylation is 2. The number of carbonyl (C=O) groups excluding carboxylic acids is 1. The van der Waals surface area contributed by atoms with E-state index in [0.717, 1.165) is 0 Å². The molecule has 0 spiro atoms. The van der Waals surface area contributed by atoms with Gasteiger partial charge < -0.3 is 14.2 Å². The summed E-state index contributed by atoms with van der Waals surface area (Å²) in [6.45, 7) is 3.56. The molecule has 3 aromatic rings. The van der Waals surface area contributed by atoms with E-state index < -0.39 is 0 Å². The highest BCUT2D eigenvalue weighted by Gasteiger charge is 2.19. The first kappa shape index (κ1) is 21.7. The third-order valence-corrected chi connectivity index (χ3v) is 4.42. The number of benzene rings is 2. The lowest BCUT2D eigenvalue weighted by Crippen LogP contribution is -1.99. The third kappa shape index (κ3) is 5.55. The monoisotopic (exact) mass is 446 g/mol. The Labute approximate surface area is 184 Å². The number of nitrogens with zero attached hydrogens (tertiary/aromatic N) is 2. The lowest BCUT2D eigenvalue weighted by Gasteiger charge is -2.10. The Morgan fingerprint density at radius 3 is 1.97 bits per heavy atom. The van der Waals surface area contributed by atoms with Gasteiger partial charge in [-0.15, -0.1) is 0 Å².